The number of hydrogen-bond donors (Lipinski definition) is 2. The molecule has 0 bridgehead atoms. The summed E-state index contributed by atoms with van der Waals surface area (Å²) in [5, 5.41) is 12.9. The maximum Gasteiger partial charge on any atom is 0.335 e. The van der Waals surface area contributed by atoms with Crippen LogP contribution in [0.25, 0.3) is 10.9 Å². The predicted octanol–water partition coefficient (Wildman–Crippen LogP) is 2.42. The second-order valence-electron chi connectivity index (χ2n) is 5.13. The average Bonchev–Trinajstić information content (AvgIpc) is 2.81. The number of carbonyl (C=O) groups excluding carboxylic acids is 1. The molecule has 0 aliphatic carbocycles. The van der Waals surface area contributed by atoms with Crippen molar-refractivity contribution in [3.05, 3.63) is 35.5 Å². The SMILES string of the molecule is CCC[C@@H]1CNC(=O)c2cc3ccc(C(=O)O)cc3n21. The number of aromatic carboxylic acids is 1. The lowest BCUT2D eigenvalue weighted by molar-refractivity contribution is 0.0696. The summed E-state index contributed by atoms with van der Waals surface area (Å²) in [6, 6.07) is 7.01. The van der Waals surface area contributed by atoms with E-state index in [1.165, 1.54) is 0 Å². The first kappa shape index (κ1) is 12.7. The second kappa shape index (κ2) is 4.67. The number of aromatic nitrogens is 1. The molecule has 1 aromatic carbocycles. The number of hydrogen-bond acceptors (Lipinski definition) is 2. The lowest BCUT2D eigenvalue weighted by Crippen LogP contribution is -2.38. The largest absolute Gasteiger partial charge is 0.478 e. The van der Waals surface area contributed by atoms with E-state index in [0.717, 1.165) is 23.7 Å². The van der Waals surface area contributed by atoms with Crippen molar-refractivity contribution in [1.29, 1.82) is 0 Å². The van der Waals surface area contributed by atoms with Crippen LogP contribution < -0.4 is 5.32 Å². The molecule has 0 saturated carbocycles. The summed E-state index contributed by atoms with van der Waals surface area (Å²) >= 11 is 0. The van der Waals surface area contributed by atoms with Crippen LogP contribution in [0.3, 0.4) is 0 Å². The summed E-state index contributed by atoms with van der Waals surface area (Å²) in [5.74, 6) is -1.04. The van der Waals surface area contributed by atoms with E-state index in [2.05, 4.69) is 12.2 Å². The summed E-state index contributed by atoms with van der Waals surface area (Å²) in [6.07, 6.45) is 1.96. The molecule has 1 atom stereocenters. The van der Waals surface area contributed by atoms with Crippen molar-refractivity contribution in [2.45, 2.75) is 25.8 Å². The van der Waals surface area contributed by atoms with Gasteiger partial charge in [0.1, 0.15) is 5.69 Å². The van der Waals surface area contributed by atoms with Crippen molar-refractivity contribution in [3.63, 3.8) is 0 Å². The highest BCUT2D eigenvalue weighted by Crippen LogP contribution is 2.29. The second-order valence-corrected chi connectivity index (χ2v) is 5.13. The van der Waals surface area contributed by atoms with E-state index in [0.29, 0.717) is 12.2 Å². The van der Waals surface area contributed by atoms with Crippen molar-refractivity contribution in [1.82, 2.24) is 9.88 Å². The van der Waals surface area contributed by atoms with Gasteiger partial charge in [0.05, 0.1) is 11.6 Å². The minimum absolute atomic E-state index is 0.0922. The summed E-state index contributed by atoms with van der Waals surface area (Å²) in [7, 11) is 0. The van der Waals surface area contributed by atoms with Gasteiger partial charge in [-0.3, -0.25) is 4.79 Å². The lowest BCUT2D eigenvalue weighted by Gasteiger charge is -2.27. The quantitative estimate of drug-likeness (QED) is 0.901. The molecule has 1 aliphatic rings. The third kappa shape index (κ3) is 1.86. The summed E-state index contributed by atoms with van der Waals surface area (Å²) < 4.78 is 1.99. The Morgan fingerprint density at radius 3 is 2.95 bits per heavy atom. The zero-order valence-corrected chi connectivity index (χ0v) is 11.2. The molecule has 0 radical (unpaired) electrons. The van der Waals surface area contributed by atoms with Crippen LogP contribution in [-0.2, 0) is 0 Å². The lowest BCUT2D eigenvalue weighted by atomic mass is 10.1. The van der Waals surface area contributed by atoms with Gasteiger partial charge < -0.3 is 15.0 Å². The topological polar surface area (TPSA) is 71.3 Å². The van der Waals surface area contributed by atoms with E-state index in [1.807, 2.05) is 10.6 Å². The Kier molecular flexibility index (Phi) is 2.97. The van der Waals surface area contributed by atoms with Gasteiger partial charge in [-0.1, -0.05) is 19.4 Å². The number of benzene rings is 1. The van der Waals surface area contributed by atoms with Gasteiger partial charge in [-0.05, 0) is 24.6 Å². The van der Waals surface area contributed by atoms with E-state index in [1.54, 1.807) is 18.2 Å². The number of carboxylic acids is 1. The van der Waals surface area contributed by atoms with Crippen LogP contribution in [0.2, 0.25) is 0 Å². The fraction of sp³-hybridized carbons (Fsp3) is 0.333. The Balaban J connectivity index is 2.23. The third-order valence-electron chi connectivity index (χ3n) is 3.81. The molecule has 1 aliphatic heterocycles. The first-order valence-corrected chi connectivity index (χ1v) is 6.78. The number of carboxylic acid groups (broad SMARTS) is 1. The van der Waals surface area contributed by atoms with Gasteiger partial charge >= 0.3 is 5.97 Å². The molecule has 5 heteroatoms. The third-order valence-corrected chi connectivity index (χ3v) is 3.81. The fourth-order valence-electron chi connectivity index (χ4n) is 2.88. The number of carbonyl (C=O) groups is 2. The average molecular weight is 272 g/mol. The number of nitrogens with one attached hydrogen (secondary N) is 1. The summed E-state index contributed by atoms with van der Waals surface area (Å²) in [4.78, 5) is 23.1. The van der Waals surface area contributed by atoms with E-state index < -0.39 is 5.97 Å². The maximum atomic E-state index is 12.0. The Morgan fingerprint density at radius 1 is 1.45 bits per heavy atom. The van der Waals surface area contributed by atoms with Gasteiger partial charge in [0.2, 0.25) is 0 Å². The normalized spacial score (nSPS) is 17.9. The Bertz CT molecular complexity index is 702. The molecule has 0 saturated heterocycles. The Labute approximate surface area is 116 Å². The van der Waals surface area contributed by atoms with Crippen molar-refractivity contribution in [2.24, 2.45) is 0 Å². The van der Waals surface area contributed by atoms with Crippen LogP contribution in [-0.4, -0.2) is 28.1 Å². The Hall–Kier alpha value is -2.30. The molecular weight excluding hydrogens is 256 g/mol. The van der Waals surface area contributed by atoms with Gasteiger partial charge in [-0.2, -0.15) is 0 Å². The highest BCUT2D eigenvalue weighted by Gasteiger charge is 2.26. The van der Waals surface area contributed by atoms with Crippen molar-refractivity contribution >= 4 is 22.8 Å². The molecular formula is C15H16N2O3. The van der Waals surface area contributed by atoms with Gasteiger partial charge in [0, 0.05) is 17.4 Å². The zero-order chi connectivity index (χ0) is 14.3. The van der Waals surface area contributed by atoms with Crippen molar-refractivity contribution in [2.75, 3.05) is 6.54 Å². The van der Waals surface area contributed by atoms with E-state index in [4.69, 9.17) is 5.11 Å². The predicted molar refractivity (Wildman–Crippen MR) is 75.2 cm³/mol. The van der Waals surface area contributed by atoms with Gasteiger partial charge in [0.25, 0.3) is 5.91 Å². The first-order chi connectivity index (χ1) is 9.61. The molecule has 0 fully saturated rings. The molecule has 2 aromatic rings. The van der Waals surface area contributed by atoms with Crippen LogP contribution >= 0.6 is 0 Å². The molecule has 104 valence electrons. The van der Waals surface area contributed by atoms with Crippen molar-refractivity contribution in [3.8, 4) is 0 Å². The molecule has 2 heterocycles. The van der Waals surface area contributed by atoms with Crippen LogP contribution in [0.5, 0.6) is 0 Å². The monoisotopic (exact) mass is 272 g/mol. The minimum Gasteiger partial charge on any atom is -0.478 e. The fourth-order valence-corrected chi connectivity index (χ4v) is 2.88. The molecule has 1 amide bonds. The van der Waals surface area contributed by atoms with Crippen molar-refractivity contribution < 1.29 is 14.7 Å². The maximum absolute atomic E-state index is 12.0. The number of rotatable bonds is 3. The molecule has 5 nitrogen and oxygen atoms in total. The van der Waals surface area contributed by atoms with E-state index in [-0.39, 0.29) is 17.5 Å². The molecule has 20 heavy (non-hydrogen) atoms. The highest BCUT2D eigenvalue weighted by atomic mass is 16.4. The minimum atomic E-state index is -0.949. The molecule has 3 rings (SSSR count). The van der Waals surface area contributed by atoms with Crippen LogP contribution in [0.1, 0.15) is 46.7 Å². The van der Waals surface area contributed by atoms with Crippen LogP contribution in [0.15, 0.2) is 24.3 Å². The zero-order valence-electron chi connectivity index (χ0n) is 11.2. The smallest absolute Gasteiger partial charge is 0.335 e. The van der Waals surface area contributed by atoms with Crippen LogP contribution in [0.4, 0.5) is 0 Å². The first-order valence-electron chi connectivity index (χ1n) is 6.78. The summed E-state index contributed by atoms with van der Waals surface area (Å²) in [5.41, 5.74) is 1.69. The van der Waals surface area contributed by atoms with Gasteiger partial charge in [-0.25, -0.2) is 4.79 Å². The molecule has 2 N–H and O–H groups in total. The molecule has 0 spiro atoms. The van der Waals surface area contributed by atoms with E-state index in [9.17, 15) is 9.59 Å². The van der Waals surface area contributed by atoms with E-state index >= 15 is 0 Å². The Morgan fingerprint density at radius 2 is 2.25 bits per heavy atom. The number of amides is 1. The standard InChI is InChI=1S/C15H16N2O3/c1-2-3-11-8-16-14(18)13-6-9-4-5-10(15(19)20)7-12(9)17(11)13/h4-7,11H,2-3,8H2,1H3,(H,16,18)(H,19,20)/t11-/m1/s1. The highest BCUT2D eigenvalue weighted by molar-refractivity contribution is 6.01. The van der Waals surface area contributed by atoms with Gasteiger partial charge in [0.15, 0.2) is 0 Å². The molecule has 0 unspecified atom stereocenters. The van der Waals surface area contributed by atoms with Gasteiger partial charge in [-0.15, -0.1) is 0 Å². The molecule has 1 aromatic heterocycles. The number of fused-ring (bicyclic) bond motifs is 3. The number of nitrogens with zero attached hydrogens (tertiary/aromatic N) is 1. The van der Waals surface area contributed by atoms with Crippen LogP contribution in [0, 0.1) is 0 Å². The summed E-state index contributed by atoms with van der Waals surface area (Å²) in [6.45, 7) is 2.70.